The molecule has 0 aromatic heterocycles. The van der Waals surface area contributed by atoms with Crippen molar-refractivity contribution in [3.05, 3.63) is 23.8 Å². The Morgan fingerprint density at radius 1 is 1.12 bits per heavy atom. The van der Waals surface area contributed by atoms with Crippen molar-refractivity contribution in [1.29, 1.82) is 0 Å². The number of carbonyl (C=O) groups excluding carboxylic acids is 1. The second-order valence-corrected chi connectivity index (χ2v) is 6.67. The maximum absolute atomic E-state index is 12.3. The predicted molar refractivity (Wildman–Crippen MR) is 84.8 cm³/mol. The van der Waals surface area contributed by atoms with Crippen molar-refractivity contribution in [2.75, 3.05) is 26.5 Å². The molecule has 0 amide bonds. The number of hydrogen-bond donors (Lipinski definition) is 0. The summed E-state index contributed by atoms with van der Waals surface area (Å²) < 4.78 is 16.2. The molecule has 0 N–H and O–H groups in total. The maximum Gasteiger partial charge on any atom is 0.338 e. The van der Waals surface area contributed by atoms with Gasteiger partial charge < -0.3 is 26.6 Å². The molecule has 5 nitrogen and oxygen atoms in total. The Morgan fingerprint density at radius 3 is 2.88 bits per heavy atom. The van der Waals surface area contributed by atoms with E-state index in [9.17, 15) is 4.79 Å². The lowest BCUT2D eigenvalue weighted by Gasteiger charge is -2.44. The van der Waals surface area contributed by atoms with Gasteiger partial charge in [0.05, 0.1) is 12.2 Å². The minimum absolute atomic E-state index is 0. The largest absolute Gasteiger partial charge is 1.00 e. The van der Waals surface area contributed by atoms with Crippen molar-refractivity contribution in [1.82, 2.24) is 4.90 Å². The molecule has 24 heavy (non-hydrogen) atoms. The third-order valence-electron chi connectivity index (χ3n) is 5.27. The van der Waals surface area contributed by atoms with E-state index in [0.29, 0.717) is 35.6 Å². The van der Waals surface area contributed by atoms with Crippen molar-refractivity contribution in [2.24, 2.45) is 5.92 Å². The number of rotatable bonds is 3. The van der Waals surface area contributed by atoms with E-state index in [-0.39, 0.29) is 25.2 Å². The lowest BCUT2D eigenvalue weighted by molar-refractivity contribution is -0.0000698. The van der Waals surface area contributed by atoms with Crippen molar-refractivity contribution in [2.45, 2.75) is 38.1 Å². The number of piperidine rings is 2. The van der Waals surface area contributed by atoms with Crippen LogP contribution in [0, 0.1) is 5.92 Å². The molecule has 3 heterocycles. The van der Waals surface area contributed by atoms with Gasteiger partial charge in [-0.1, -0.05) is 6.42 Å². The molecule has 2 atom stereocenters. The Bertz CT molecular complexity index is 592. The summed E-state index contributed by atoms with van der Waals surface area (Å²) in [5.41, 5.74) is 0.533. The summed E-state index contributed by atoms with van der Waals surface area (Å²) in [5.74, 6) is 1.51. The summed E-state index contributed by atoms with van der Waals surface area (Å²) in [7, 11) is 0. The molecular weight excluding hydrogens is 330 g/mol. The highest BCUT2D eigenvalue weighted by Crippen LogP contribution is 2.33. The molecule has 0 bridgehead atoms. The lowest BCUT2D eigenvalue weighted by atomic mass is 9.84. The molecule has 0 saturated carbocycles. The Kier molecular flexibility index (Phi) is 5.51. The lowest BCUT2D eigenvalue weighted by Crippen LogP contribution is -3.00. The molecule has 132 valence electrons. The number of ether oxygens (including phenoxy) is 3. The van der Waals surface area contributed by atoms with E-state index in [4.69, 9.17) is 14.2 Å². The van der Waals surface area contributed by atoms with Gasteiger partial charge in [-0.3, -0.25) is 4.90 Å². The van der Waals surface area contributed by atoms with Gasteiger partial charge in [-0.2, -0.15) is 0 Å². The van der Waals surface area contributed by atoms with Gasteiger partial charge in [0, 0.05) is 12.0 Å². The van der Waals surface area contributed by atoms with Crippen LogP contribution >= 0.6 is 0 Å². The smallest absolute Gasteiger partial charge is 0.338 e. The summed E-state index contributed by atoms with van der Waals surface area (Å²) in [4.78, 5) is 14.9. The number of carbonyl (C=O) groups is 1. The SMILES string of the molecule is O=C(OCC1CCCN2CCCCC12)c1ccc2c(c1)OCO2.[Cl-]. The number of hydrogen-bond acceptors (Lipinski definition) is 5. The van der Waals surface area contributed by atoms with Crippen LogP contribution in [0.3, 0.4) is 0 Å². The summed E-state index contributed by atoms with van der Waals surface area (Å²) in [6, 6.07) is 5.81. The fourth-order valence-electron chi connectivity index (χ4n) is 4.06. The van der Waals surface area contributed by atoms with Crippen molar-refractivity contribution in [3.63, 3.8) is 0 Å². The standard InChI is InChI=1S/C18H23NO4.ClH/c20-18(13-6-7-16-17(10-13)23-12-22-16)21-11-14-4-3-9-19-8-2-1-5-15(14)19;/h6-7,10,14-15H,1-5,8-9,11-12H2;1H/p-1. The molecule has 1 aromatic rings. The zero-order valence-electron chi connectivity index (χ0n) is 13.7. The quantitative estimate of drug-likeness (QED) is 0.708. The Morgan fingerprint density at radius 2 is 1.96 bits per heavy atom. The van der Waals surface area contributed by atoms with Crippen LogP contribution in [-0.4, -0.2) is 43.4 Å². The second kappa shape index (κ2) is 7.62. The first-order chi connectivity index (χ1) is 11.3. The van der Waals surface area contributed by atoms with Gasteiger partial charge in [-0.25, -0.2) is 4.79 Å². The highest BCUT2D eigenvalue weighted by atomic mass is 35.5. The summed E-state index contributed by atoms with van der Waals surface area (Å²) in [6.07, 6.45) is 6.22. The van der Waals surface area contributed by atoms with E-state index >= 15 is 0 Å². The van der Waals surface area contributed by atoms with E-state index in [1.807, 2.05) is 0 Å². The van der Waals surface area contributed by atoms with Crippen molar-refractivity contribution < 1.29 is 31.4 Å². The molecule has 3 aliphatic heterocycles. The number of esters is 1. The van der Waals surface area contributed by atoms with E-state index in [0.717, 1.165) is 6.42 Å². The van der Waals surface area contributed by atoms with Crippen molar-refractivity contribution >= 4 is 5.97 Å². The minimum atomic E-state index is -0.267. The van der Waals surface area contributed by atoms with E-state index in [2.05, 4.69) is 4.90 Å². The molecular formula is C18H23ClNO4-. The first kappa shape index (κ1) is 17.4. The zero-order chi connectivity index (χ0) is 15.6. The molecule has 3 aliphatic rings. The van der Waals surface area contributed by atoms with Gasteiger partial charge >= 0.3 is 5.97 Å². The molecule has 0 spiro atoms. The summed E-state index contributed by atoms with van der Waals surface area (Å²) >= 11 is 0. The summed E-state index contributed by atoms with van der Waals surface area (Å²) in [5, 5.41) is 0. The topological polar surface area (TPSA) is 48.0 Å². The fourth-order valence-corrected chi connectivity index (χ4v) is 4.06. The highest BCUT2D eigenvalue weighted by Gasteiger charge is 2.33. The molecule has 2 saturated heterocycles. The average Bonchev–Trinajstić information content (AvgIpc) is 3.07. The predicted octanol–water partition coefficient (Wildman–Crippen LogP) is -0.159. The van der Waals surface area contributed by atoms with Gasteiger partial charge in [0.1, 0.15) is 0 Å². The van der Waals surface area contributed by atoms with Crippen molar-refractivity contribution in [3.8, 4) is 11.5 Å². The van der Waals surface area contributed by atoms with E-state index < -0.39 is 0 Å². The molecule has 1 aromatic carbocycles. The molecule has 2 fully saturated rings. The van der Waals surface area contributed by atoms with Gasteiger partial charge in [0.25, 0.3) is 0 Å². The van der Waals surface area contributed by atoms with Crippen LogP contribution in [0.25, 0.3) is 0 Å². The first-order valence-corrected chi connectivity index (χ1v) is 8.62. The Labute approximate surface area is 148 Å². The molecule has 0 radical (unpaired) electrons. The van der Waals surface area contributed by atoms with Crippen LogP contribution in [0.15, 0.2) is 18.2 Å². The number of benzene rings is 1. The zero-order valence-corrected chi connectivity index (χ0v) is 14.5. The van der Waals surface area contributed by atoms with Gasteiger partial charge in [-0.15, -0.1) is 0 Å². The van der Waals surface area contributed by atoms with Gasteiger partial charge in [-0.05, 0) is 57.0 Å². The monoisotopic (exact) mass is 352 g/mol. The summed E-state index contributed by atoms with van der Waals surface area (Å²) in [6.45, 7) is 3.15. The third-order valence-corrected chi connectivity index (χ3v) is 5.27. The Hall–Kier alpha value is -1.46. The van der Waals surface area contributed by atoms with Crippen LogP contribution in [0.4, 0.5) is 0 Å². The number of halogens is 1. The van der Waals surface area contributed by atoms with Crippen LogP contribution in [0.1, 0.15) is 42.5 Å². The van der Waals surface area contributed by atoms with Crippen LogP contribution < -0.4 is 21.9 Å². The van der Waals surface area contributed by atoms with Crippen LogP contribution in [0.2, 0.25) is 0 Å². The van der Waals surface area contributed by atoms with E-state index in [1.54, 1.807) is 18.2 Å². The maximum atomic E-state index is 12.3. The van der Waals surface area contributed by atoms with Gasteiger partial charge in [0.15, 0.2) is 11.5 Å². The average molecular weight is 353 g/mol. The first-order valence-electron chi connectivity index (χ1n) is 8.62. The molecule has 2 unspecified atom stereocenters. The fraction of sp³-hybridized carbons (Fsp3) is 0.611. The third kappa shape index (κ3) is 3.47. The molecule has 6 heteroatoms. The van der Waals surface area contributed by atoms with Crippen LogP contribution in [0.5, 0.6) is 11.5 Å². The molecule has 0 aliphatic carbocycles. The number of nitrogens with zero attached hydrogens (tertiary/aromatic N) is 1. The number of fused-ring (bicyclic) bond motifs is 2. The second-order valence-electron chi connectivity index (χ2n) is 6.67. The Balaban J connectivity index is 0.00000169. The van der Waals surface area contributed by atoms with Gasteiger partial charge in [0.2, 0.25) is 6.79 Å². The van der Waals surface area contributed by atoms with Crippen LogP contribution in [-0.2, 0) is 4.74 Å². The normalized spacial score (nSPS) is 25.5. The highest BCUT2D eigenvalue weighted by molar-refractivity contribution is 5.90. The van der Waals surface area contributed by atoms with E-state index in [1.165, 1.54) is 38.8 Å². The molecule has 4 rings (SSSR count). The minimum Gasteiger partial charge on any atom is -1.00 e.